The Kier molecular flexibility index (Phi) is 4.35. The zero-order chi connectivity index (χ0) is 16.6. The molecule has 2 N–H and O–H groups in total. The van der Waals surface area contributed by atoms with E-state index in [1.54, 1.807) is 0 Å². The lowest BCUT2D eigenvalue weighted by molar-refractivity contribution is 0.0625. The van der Waals surface area contributed by atoms with Crippen LogP contribution in [0.5, 0.6) is 0 Å². The molecule has 0 radical (unpaired) electrons. The van der Waals surface area contributed by atoms with Crippen LogP contribution in [0.15, 0.2) is 10.6 Å². The van der Waals surface area contributed by atoms with Crippen LogP contribution in [-0.4, -0.2) is 40.1 Å². The number of hydrogen-bond donors (Lipinski definition) is 1. The number of hydrogen-bond acceptors (Lipinski definition) is 5. The highest BCUT2D eigenvalue weighted by Crippen LogP contribution is 2.28. The van der Waals surface area contributed by atoms with Gasteiger partial charge >= 0.3 is 0 Å². The first-order chi connectivity index (χ1) is 11.0. The molecule has 1 saturated heterocycles. The van der Waals surface area contributed by atoms with Gasteiger partial charge in [-0.3, -0.25) is 4.79 Å². The van der Waals surface area contributed by atoms with E-state index >= 15 is 0 Å². The van der Waals surface area contributed by atoms with Crippen LogP contribution in [0, 0.1) is 6.92 Å². The van der Waals surface area contributed by atoms with Crippen molar-refractivity contribution in [2.45, 2.75) is 52.0 Å². The number of carbonyl (C=O) groups is 1. The van der Waals surface area contributed by atoms with Gasteiger partial charge in [-0.15, -0.1) is 0 Å². The maximum atomic E-state index is 13.2. The predicted octanol–water partition coefficient (Wildman–Crippen LogP) is 2.61. The lowest BCUT2D eigenvalue weighted by Gasteiger charge is -2.35. The molecule has 6 nitrogen and oxygen atoms in total. The molecule has 0 aromatic carbocycles. The number of fused-ring (bicyclic) bond motifs is 1. The molecule has 0 saturated carbocycles. The molecule has 0 spiro atoms. The monoisotopic (exact) mass is 316 g/mol. The Morgan fingerprint density at radius 2 is 2.26 bits per heavy atom. The second-order valence-corrected chi connectivity index (χ2v) is 6.58. The van der Waals surface area contributed by atoms with Gasteiger partial charge in [-0.05, 0) is 38.2 Å². The van der Waals surface area contributed by atoms with E-state index in [9.17, 15) is 4.79 Å². The smallest absolute Gasteiger partial charge is 0.259 e. The zero-order valence-corrected chi connectivity index (χ0v) is 14.0. The first-order valence-corrected chi connectivity index (χ1v) is 8.31. The summed E-state index contributed by atoms with van der Waals surface area (Å²) in [6.07, 6.45) is 3.12. The van der Waals surface area contributed by atoms with E-state index in [0.29, 0.717) is 23.5 Å². The third-order valence-corrected chi connectivity index (χ3v) is 4.62. The van der Waals surface area contributed by atoms with E-state index in [1.165, 1.54) is 0 Å². The van der Waals surface area contributed by atoms with Gasteiger partial charge in [0.05, 0.1) is 16.6 Å². The predicted molar refractivity (Wildman–Crippen MR) is 88.4 cm³/mol. The molecule has 2 aromatic rings. The summed E-state index contributed by atoms with van der Waals surface area (Å²) in [5, 5.41) is 4.71. The van der Waals surface area contributed by atoms with Crippen molar-refractivity contribution in [2.75, 3.05) is 13.1 Å². The molecular weight excluding hydrogens is 292 g/mol. The Hall–Kier alpha value is -1.95. The number of carbonyl (C=O) groups excluding carboxylic acids is 1. The van der Waals surface area contributed by atoms with Gasteiger partial charge in [0.1, 0.15) is 0 Å². The summed E-state index contributed by atoms with van der Waals surface area (Å²) >= 11 is 0. The summed E-state index contributed by atoms with van der Waals surface area (Å²) in [7, 11) is 0. The van der Waals surface area contributed by atoms with Gasteiger partial charge < -0.3 is 15.2 Å². The quantitative estimate of drug-likeness (QED) is 0.940. The van der Waals surface area contributed by atoms with Crippen LogP contribution >= 0.6 is 0 Å². The molecule has 124 valence electrons. The summed E-state index contributed by atoms with van der Waals surface area (Å²) in [6, 6.07) is 2.00. The highest BCUT2D eigenvalue weighted by molar-refractivity contribution is 6.06. The number of aromatic nitrogens is 2. The second-order valence-electron chi connectivity index (χ2n) is 6.58. The Morgan fingerprint density at radius 3 is 2.96 bits per heavy atom. The van der Waals surface area contributed by atoms with Crippen LogP contribution in [0.25, 0.3) is 11.1 Å². The minimum Gasteiger partial charge on any atom is -0.336 e. The molecule has 1 aliphatic rings. The van der Waals surface area contributed by atoms with Crippen LogP contribution in [0.2, 0.25) is 0 Å². The van der Waals surface area contributed by atoms with E-state index in [2.05, 4.69) is 24.0 Å². The summed E-state index contributed by atoms with van der Waals surface area (Å²) < 4.78 is 5.31. The van der Waals surface area contributed by atoms with Gasteiger partial charge in [-0.2, -0.15) is 0 Å². The van der Waals surface area contributed by atoms with Crippen LogP contribution in [0.1, 0.15) is 60.8 Å². The number of pyridine rings is 1. The molecule has 0 aliphatic carbocycles. The lowest BCUT2D eigenvalue weighted by atomic mass is 9.98. The van der Waals surface area contributed by atoms with Gasteiger partial charge in [-0.25, -0.2) is 4.98 Å². The fourth-order valence-corrected chi connectivity index (χ4v) is 3.25. The minimum atomic E-state index is 0.0146. The highest BCUT2D eigenvalue weighted by atomic mass is 16.5. The lowest BCUT2D eigenvalue weighted by Crippen LogP contribution is -2.47. The van der Waals surface area contributed by atoms with Crippen molar-refractivity contribution in [3.8, 4) is 0 Å². The van der Waals surface area contributed by atoms with Crippen LogP contribution in [0.4, 0.5) is 0 Å². The van der Waals surface area contributed by atoms with E-state index in [0.717, 1.165) is 36.9 Å². The SMILES string of the molecule is Cc1noc2nc(C(C)C)cc(C(=O)N3CCCC[C@H]3CN)c12. The molecule has 1 fully saturated rings. The van der Waals surface area contributed by atoms with Gasteiger partial charge in [0.15, 0.2) is 0 Å². The molecule has 0 bridgehead atoms. The fraction of sp³-hybridized carbons (Fsp3) is 0.588. The molecular formula is C17H24N4O2. The standard InChI is InChI=1S/C17H24N4O2/c1-10(2)14-8-13(15-11(3)20-23-16(15)19-14)17(22)21-7-5-4-6-12(21)9-18/h8,10,12H,4-7,9,18H2,1-3H3/t12-/m0/s1. The minimum absolute atomic E-state index is 0.0146. The number of likely N-dealkylation sites (tertiary alicyclic amines) is 1. The van der Waals surface area contributed by atoms with E-state index in [4.69, 9.17) is 10.3 Å². The van der Waals surface area contributed by atoms with Crippen LogP contribution < -0.4 is 5.73 Å². The van der Waals surface area contributed by atoms with E-state index in [-0.39, 0.29) is 17.9 Å². The van der Waals surface area contributed by atoms with Crippen molar-refractivity contribution >= 4 is 17.0 Å². The maximum absolute atomic E-state index is 13.2. The van der Waals surface area contributed by atoms with Crippen molar-refractivity contribution in [3.05, 3.63) is 23.0 Å². The summed E-state index contributed by atoms with van der Waals surface area (Å²) in [4.78, 5) is 19.6. The van der Waals surface area contributed by atoms with Crippen molar-refractivity contribution in [1.82, 2.24) is 15.0 Å². The Bertz CT molecular complexity index is 723. The van der Waals surface area contributed by atoms with Crippen molar-refractivity contribution in [2.24, 2.45) is 5.73 Å². The zero-order valence-electron chi connectivity index (χ0n) is 14.0. The van der Waals surface area contributed by atoms with Gasteiger partial charge in [0.25, 0.3) is 11.6 Å². The maximum Gasteiger partial charge on any atom is 0.259 e. The largest absolute Gasteiger partial charge is 0.336 e. The summed E-state index contributed by atoms with van der Waals surface area (Å²) in [5.41, 5.74) is 8.50. The van der Waals surface area contributed by atoms with E-state index < -0.39 is 0 Å². The Labute approximate surface area is 136 Å². The molecule has 1 atom stereocenters. The van der Waals surface area contributed by atoms with Gasteiger partial charge in [0, 0.05) is 24.8 Å². The fourth-order valence-electron chi connectivity index (χ4n) is 3.25. The Balaban J connectivity index is 2.09. The molecule has 1 amide bonds. The number of nitrogens with zero attached hydrogens (tertiary/aromatic N) is 3. The molecule has 3 rings (SSSR count). The molecule has 1 aliphatic heterocycles. The summed E-state index contributed by atoms with van der Waals surface area (Å²) in [5.74, 6) is 0.226. The van der Waals surface area contributed by atoms with Gasteiger partial charge in [-0.1, -0.05) is 19.0 Å². The number of rotatable bonds is 3. The first kappa shape index (κ1) is 15.9. The van der Waals surface area contributed by atoms with Crippen LogP contribution in [0.3, 0.4) is 0 Å². The van der Waals surface area contributed by atoms with Crippen LogP contribution in [-0.2, 0) is 0 Å². The number of nitrogens with two attached hydrogens (primary N) is 1. The average Bonchev–Trinajstić information content (AvgIpc) is 2.94. The van der Waals surface area contributed by atoms with E-state index in [1.807, 2.05) is 17.9 Å². The summed E-state index contributed by atoms with van der Waals surface area (Å²) in [6.45, 7) is 7.20. The topological polar surface area (TPSA) is 85.2 Å². The van der Waals surface area contributed by atoms with Crippen molar-refractivity contribution < 1.29 is 9.32 Å². The van der Waals surface area contributed by atoms with Gasteiger partial charge in [0.2, 0.25) is 0 Å². The average molecular weight is 316 g/mol. The van der Waals surface area contributed by atoms with Crippen molar-refractivity contribution in [3.63, 3.8) is 0 Å². The Morgan fingerprint density at radius 1 is 1.48 bits per heavy atom. The number of piperidine rings is 1. The molecule has 0 unspecified atom stereocenters. The third kappa shape index (κ3) is 2.83. The second kappa shape index (κ2) is 6.28. The first-order valence-electron chi connectivity index (χ1n) is 8.31. The molecule has 23 heavy (non-hydrogen) atoms. The normalized spacial score (nSPS) is 18.8. The molecule has 3 heterocycles. The number of aryl methyl sites for hydroxylation is 1. The molecule has 6 heteroatoms. The highest BCUT2D eigenvalue weighted by Gasteiger charge is 2.29. The molecule has 2 aromatic heterocycles. The van der Waals surface area contributed by atoms with Crippen molar-refractivity contribution in [1.29, 1.82) is 0 Å². The third-order valence-electron chi connectivity index (χ3n) is 4.62. The number of amides is 1.